The van der Waals surface area contributed by atoms with Crippen LogP contribution in [0.4, 0.5) is 0 Å². The summed E-state index contributed by atoms with van der Waals surface area (Å²) in [5.41, 5.74) is 2.71. The van der Waals surface area contributed by atoms with Gasteiger partial charge >= 0.3 is 0 Å². The predicted molar refractivity (Wildman–Crippen MR) is 56.0 cm³/mol. The minimum absolute atomic E-state index is 0.342. The Kier molecular flexibility index (Phi) is 1.91. The van der Waals surface area contributed by atoms with Crippen molar-refractivity contribution in [2.45, 2.75) is 24.8 Å². The van der Waals surface area contributed by atoms with E-state index in [9.17, 15) is 4.79 Å². The molecule has 1 aliphatic carbocycles. The lowest BCUT2D eigenvalue weighted by Gasteiger charge is -2.05. The van der Waals surface area contributed by atoms with Gasteiger partial charge in [0.1, 0.15) is 5.75 Å². The summed E-state index contributed by atoms with van der Waals surface area (Å²) in [7, 11) is 0. The molecule has 1 aliphatic heterocycles. The number of benzene rings is 1. The number of fused-ring (bicyclic) bond motifs is 1. The summed E-state index contributed by atoms with van der Waals surface area (Å²) >= 11 is 0. The highest BCUT2D eigenvalue weighted by Crippen LogP contribution is 2.45. The van der Waals surface area contributed by atoms with Crippen LogP contribution in [0.3, 0.4) is 0 Å². The lowest BCUT2D eigenvalue weighted by molar-refractivity contribution is -0.109. The van der Waals surface area contributed by atoms with Crippen molar-refractivity contribution in [2.24, 2.45) is 0 Å². The molecule has 0 unspecified atom stereocenters. The smallest absolute Gasteiger partial charge is 0.207 e. The van der Waals surface area contributed by atoms with Gasteiger partial charge in [0, 0.05) is 23.9 Å². The first-order valence-corrected chi connectivity index (χ1v) is 5.34. The second kappa shape index (κ2) is 3.26. The van der Waals surface area contributed by atoms with Gasteiger partial charge in [-0.2, -0.15) is 0 Å². The predicted octanol–water partition coefficient (Wildman–Crippen LogP) is 1.22. The molecule has 0 spiro atoms. The highest BCUT2D eigenvalue weighted by molar-refractivity contribution is 5.52. The molecule has 1 aromatic carbocycles. The molecule has 1 heterocycles. The van der Waals surface area contributed by atoms with Crippen molar-refractivity contribution in [3.05, 3.63) is 29.3 Å². The Morgan fingerprint density at radius 2 is 2.40 bits per heavy atom. The number of carbonyl (C=O) groups excluding carboxylic acids is 1. The molecule has 3 nitrogen and oxygen atoms in total. The normalized spacial score (nSPS) is 26.7. The average molecular weight is 203 g/mol. The minimum Gasteiger partial charge on any atom is -0.493 e. The molecular formula is C12H13NO2. The summed E-state index contributed by atoms with van der Waals surface area (Å²) < 4.78 is 5.52. The zero-order valence-corrected chi connectivity index (χ0v) is 8.40. The van der Waals surface area contributed by atoms with Crippen molar-refractivity contribution in [3.8, 4) is 5.75 Å². The molecule has 2 atom stereocenters. The number of hydrogen-bond acceptors (Lipinski definition) is 2. The Hall–Kier alpha value is -1.51. The first-order chi connectivity index (χ1) is 7.40. The van der Waals surface area contributed by atoms with Crippen LogP contribution >= 0.6 is 0 Å². The van der Waals surface area contributed by atoms with E-state index in [1.165, 1.54) is 11.1 Å². The second-order valence-electron chi connectivity index (χ2n) is 4.16. The van der Waals surface area contributed by atoms with Crippen LogP contribution < -0.4 is 10.1 Å². The van der Waals surface area contributed by atoms with Gasteiger partial charge < -0.3 is 10.1 Å². The lowest BCUT2D eigenvalue weighted by Crippen LogP contribution is -2.14. The van der Waals surface area contributed by atoms with Gasteiger partial charge in [0.15, 0.2) is 0 Å². The maximum Gasteiger partial charge on any atom is 0.207 e. The first-order valence-electron chi connectivity index (χ1n) is 5.34. The summed E-state index contributed by atoms with van der Waals surface area (Å²) in [6, 6.07) is 6.56. The van der Waals surface area contributed by atoms with Gasteiger partial charge in [-0.25, -0.2) is 0 Å². The van der Waals surface area contributed by atoms with Crippen LogP contribution in [0.25, 0.3) is 0 Å². The van der Waals surface area contributed by atoms with Crippen LogP contribution in [0, 0.1) is 0 Å². The van der Waals surface area contributed by atoms with E-state index in [1.54, 1.807) is 0 Å². The number of ether oxygens (including phenoxy) is 1. The first kappa shape index (κ1) is 8.77. The summed E-state index contributed by atoms with van der Waals surface area (Å²) in [6.07, 6.45) is 2.87. The monoisotopic (exact) mass is 203 g/mol. The molecule has 3 heteroatoms. The van der Waals surface area contributed by atoms with E-state index in [1.807, 2.05) is 12.1 Å². The van der Waals surface area contributed by atoms with Crippen LogP contribution in [0.15, 0.2) is 18.2 Å². The molecule has 0 bridgehead atoms. The molecule has 1 fully saturated rings. The Labute approximate surface area is 88.4 Å². The number of carbonyl (C=O) groups is 1. The van der Waals surface area contributed by atoms with Crippen LogP contribution in [0.1, 0.15) is 23.5 Å². The molecule has 0 saturated heterocycles. The molecule has 15 heavy (non-hydrogen) atoms. The molecular weight excluding hydrogens is 190 g/mol. The van der Waals surface area contributed by atoms with E-state index in [0.29, 0.717) is 12.0 Å². The van der Waals surface area contributed by atoms with Crippen molar-refractivity contribution in [3.63, 3.8) is 0 Å². The zero-order valence-electron chi connectivity index (χ0n) is 8.40. The molecule has 0 aromatic heterocycles. The van der Waals surface area contributed by atoms with Gasteiger partial charge in [-0.05, 0) is 18.1 Å². The van der Waals surface area contributed by atoms with E-state index < -0.39 is 0 Å². The summed E-state index contributed by atoms with van der Waals surface area (Å²) in [5.74, 6) is 1.54. The van der Waals surface area contributed by atoms with Crippen LogP contribution in [0.5, 0.6) is 5.75 Å². The van der Waals surface area contributed by atoms with Crippen molar-refractivity contribution in [1.82, 2.24) is 5.32 Å². The zero-order chi connectivity index (χ0) is 10.3. The van der Waals surface area contributed by atoms with Crippen molar-refractivity contribution in [2.75, 3.05) is 6.61 Å². The third-order valence-corrected chi connectivity index (χ3v) is 3.25. The van der Waals surface area contributed by atoms with Gasteiger partial charge in [-0.1, -0.05) is 12.1 Å². The van der Waals surface area contributed by atoms with E-state index >= 15 is 0 Å². The third kappa shape index (κ3) is 1.39. The fourth-order valence-corrected chi connectivity index (χ4v) is 2.41. The topological polar surface area (TPSA) is 38.3 Å². The van der Waals surface area contributed by atoms with Crippen molar-refractivity contribution >= 4 is 6.41 Å². The van der Waals surface area contributed by atoms with Gasteiger partial charge in [-0.15, -0.1) is 0 Å². The number of nitrogens with one attached hydrogen (secondary N) is 1. The van der Waals surface area contributed by atoms with Crippen LogP contribution in [-0.4, -0.2) is 19.1 Å². The molecule has 0 radical (unpaired) electrons. The van der Waals surface area contributed by atoms with Gasteiger partial charge in [0.05, 0.1) is 6.61 Å². The SMILES string of the molecule is O=CN[C@@H]1C[C@@H]1c1cccc2c1CCO2. The Morgan fingerprint density at radius 1 is 1.47 bits per heavy atom. The van der Waals surface area contributed by atoms with E-state index in [2.05, 4.69) is 11.4 Å². The average Bonchev–Trinajstić information content (AvgIpc) is 2.84. The minimum atomic E-state index is 0.342. The molecule has 1 N–H and O–H groups in total. The van der Waals surface area contributed by atoms with E-state index in [4.69, 9.17) is 4.74 Å². The molecule has 2 aliphatic rings. The number of rotatable bonds is 3. The lowest BCUT2D eigenvalue weighted by atomic mass is 10.0. The summed E-state index contributed by atoms with van der Waals surface area (Å²) in [4.78, 5) is 10.3. The molecule has 78 valence electrons. The van der Waals surface area contributed by atoms with Crippen LogP contribution in [-0.2, 0) is 11.2 Å². The molecule has 3 rings (SSSR count). The van der Waals surface area contributed by atoms with Crippen molar-refractivity contribution in [1.29, 1.82) is 0 Å². The van der Waals surface area contributed by atoms with E-state index in [0.717, 1.165) is 31.6 Å². The fourth-order valence-electron chi connectivity index (χ4n) is 2.41. The van der Waals surface area contributed by atoms with Crippen LogP contribution in [0.2, 0.25) is 0 Å². The second-order valence-corrected chi connectivity index (χ2v) is 4.16. The number of amides is 1. The molecule has 1 aromatic rings. The summed E-state index contributed by atoms with van der Waals surface area (Å²) in [5, 5.41) is 2.84. The fraction of sp³-hybridized carbons (Fsp3) is 0.417. The maximum absolute atomic E-state index is 10.3. The maximum atomic E-state index is 10.3. The van der Waals surface area contributed by atoms with Gasteiger partial charge in [0.2, 0.25) is 6.41 Å². The Bertz CT molecular complexity index is 403. The quantitative estimate of drug-likeness (QED) is 0.750. The van der Waals surface area contributed by atoms with Crippen molar-refractivity contribution < 1.29 is 9.53 Å². The molecule has 1 saturated carbocycles. The largest absolute Gasteiger partial charge is 0.493 e. The Morgan fingerprint density at radius 3 is 3.27 bits per heavy atom. The number of hydrogen-bond donors (Lipinski definition) is 1. The highest BCUT2D eigenvalue weighted by Gasteiger charge is 2.40. The van der Waals surface area contributed by atoms with Gasteiger partial charge in [0.25, 0.3) is 0 Å². The standard InChI is InChI=1S/C12H13NO2/c14-7-13-11-6-10(11)8-2-1-3-12-9(8)4-5-15-12/h1-3,7,10-11H,4-6H2,(H,13,14)/t10-,11-/m1/s1. The highest BCUT2D eigenvalue weighted by atomic mass is 16.5. The van der Waals surface area contributed by atoms with Gasteiger partial charge in [-0.3, -0.25) is 4.79 Å². The third-order valence-electron chi connectivity index (χ3n) is 3.25. The van der Waals surface area contributed by atoms with E-state index in [-0.39, 0.29) is 0 Å². The summed E-state index contributed by atoms with van der Waals surface area (Å²) in [6.45, 7) is 0.796. The molecule has 1 amide bonds. The Balaban J connectivity index is 1.87.